The summed E-state index contributed by atoms with van der Waals surface area (Å²) >= 11 is 0. The third kappa shape index (κ3) is 4.28. The molecule has 0 bridgehead atoms. The predicted molar refractivity (Wildman–Crippen MR) is 113 cm³/mol. The monoisotopic (exact) mass is 411 g/mol. The molecule has 0 saturated carbocycles. The Hall–Kier alpha value is -3.00. The smallest absolute Gasteiger partial charge is 0.340 e. The maximum Gasteiger partial charge on any atom is 0.340 e. The molecule has 0 aliphatic carbocycles. The number of nitrogens with one attached hydrogen (secondary N) is 1. The SMILES string of the molecule is COC(=O)c1ccncc1Nc1nn(CCC2CCN(C)CC2)c2ccc(F)cc12. The zero-order valence-corrected chi connectivity index (χ0v) is 17.3. The van der Waals surface area contributed by atoms with Crippen molar-refractivity contribution in [2.75, 3.05) is 32.6 Å². The molecule has 0 amide bonds. The summed E-state index contributed by atoms with van der Waals surface area (Å²) in [4.78, 5) is 18.5. The molecule has 1 aliphatic heterocycles. The van der Waals surface area contributed by atoms with Crippen LogP contribution < -0.4 is 5.32 Å². The molecule has 8 heteroatoms. The number of fused-ring (bicyclic) bond motifs is 1. The molecule has 0 radical (unpaired) electrons. The Labute approximate surface area is 174 Å². The third-order valence-corrected chi connectivity index (χ3v) is 5.78. The highest BCUT2D eigenvalue weighted by atomic mass is 19.1. The number of nitrogens with zero attached hydrogens (tertiary/aromatic N) is 4. The van der Waals surface area contributed by atoms with Crippen LogP contribution in [0.2, 0.25) is 0 Å². The van der Waals surface area contributed by atoms with E-state index >= 15 is 0 Å². The number of aromatic nitrogens is 3. The number of hydrogen-bond donors (Lipinski definition) is 1. The molecule has 0 unspecified atom stereocenters. The van der Waals surface area contributed by atoms with Gasteiger partial charge in [-0.25, -0.2) is 9.18 Å². The minimum absolute atomic E-state index is 0.334. The second-order valence-corrected chi connectivity index (χ2v) is 7.81. The number of benzene rings is 1. The number of methoxy groups -OCH3 is 1. The Morgan fingerprint density at radius 1 is 1.30 bits per heavy atom. The number of rotatable bonds is 6. The van der Waals surface area contributed by atoms with E-state index in [-0.39, 0.29) is 5.82 Å². The topological polar surface area (TPSA) is 72.3 Å². The molecule has 2 aromatic heterocycles. The molecule has 1 fully saturated rings. The molecule has 3 aromatic rings. The Morgan fingerprint density at radius 3 is 2.87 bits per heavy atom. The summed E-state index contributed by atoms with van der Waals surface area (Å²) in [6.45, 7) is 3.01. The summed E-state index contributed by atoms with van der Waals surface area (Å²) in [5, 5.41) is 8.52. The molecule has 158 valence electrons. The summed E-state index contributed by atoms with van der Waals surface area (Å²) in [6.07, 6.45) is 6.47. The van der Waals surface area contributed by atoms with Crippen molar-refractivity contribution in [2.24, 2.45) is 5.92 Å². The normalized spacial score (nSPS) is 15.4. The fourth-order valence-corrected chi connectivity index (χ4v) is 3.98. The van der Waals surface area contributed by atoms with Crippen molar-refractivity contribution >= 4 is 28.4 Å². The quantitative estimate of drug-likeness (QED) is 0.622. The number of ether oxygens (including phenoxy) is 1. The van der Waals surface area contributed by atoms with Gasteiger partial charge in [0.2, 0.25) is 0 Å². The lowest BCUT2D eigenvalue weighted by Gasteiger charge is -2.28. The Bertz CT molecular complexity index is 1040. The standard InChI is InChI=1S/C22H26FN5O2/c1-27-10-6-15(7-11-27)8-12-28-20-4-3-16(23)13-18(20)21(26-28)25-19-14-24-9-5-17(19)22(29)30-2/h3-5,9,13-15H,6-8,10-12H2,1-2H3,(H,25,26). The number of pyridine rings is 1. The van der Waals surface area contributed by atoms with Crippen LogP contribution in [-0.4, -0.2) is 52.9 Å². The van der Waals surface area contributed by atoms with Crippen molar-refractivity contribution < 1.29 is 13.9 Å². The number of likely N-dealkylation sites (tertiary alicyclic amines) is 1. The highest BCUT2D eigenvalue weighted by Gasteiger charge is 2.19. The second kappa shape index (κ2) is 8.79. The van der Waals surface area contributed by atoms with Gasteiger partial charge in [0, 0.05) is 18.1 Å². The zero-order chi connectivity index (χ0) is 21.1. The first kappa shape index (κ1) is 20.3. The van der Waals surface area contributed by atoms with Crippen LogP contribution in [0.3, 0.4) is 0 Å². The maximum absolute atomic E-state index is 14.0. The lowest BCUT2D eigenvalue weighted by Crippen LogP contribution is -2.30. The third-order valence-electron chi connectivity index (χ3n) is 5.78. The largest absolute Gasteiger partial charge is 0.465 e. The second-order valence-electron chi connectivity index (χ2n) is 7.81. The number of carbonyl (C=O) groups excluding carboxylic acids is 1. The van der Waals surface area contributed by atoms with E-state index in [2.05, 4.69) is 22.2 Å². The van der Waals surface area contributed by atoms with Gasteiger partial charge in [-0.3, -0.25) is 9.67 Å². The zero-order valence-electron chi connectivity index (χ0n) is 17.3. The van der Waals surface area contributed by atoms with E-state index in [9.17, 15) is 9.18 Å². The van der Waals surface area contributed by atoms with E-state index in [0.29, 0.717) is 28.4 Å². The van der Waals surface area contributed by atoms with Gasteiger partial charge < -0.3 is 15.0 Å². The van der Waals surface area contributed by atoms with Gasteiger partial charge in [-0.05, 0) is 69.6 Å². The first-order valence-corrected chi connectivity index (χ1v) is 10.2. The van der Waals surface area contributed by atoms with Crippen LogP contribution >= 0.6 is 0 Å². The van der Waals surface area contributed by atoms with Crippen molar-refractivity contribution in [3.63, 3.8) is 0 Å². The van der Waals surface area contributed by atoms with Gasteiger partial charge in [-0.1, -0.05) is 0 Å². The first-order chi connectivity index (χ1) is 14.5. The Morgan fingerprint density at radius 2 is 2.10 bits per heavy atom. The fourth-order valence-electron chi connectivity index (χ4n) is 3.98. The van der Waals surface area contributed by atoms with Gasteiger partial charge in [0.15, 0.2) is 5.82 Å². The van der Waals surface area contributed by atoms with Crippen LogP contribution in [-0.2, 0) is 11.3 Å². The lowest BCUT2D eigenvalue weighted by molar-refractivity contribution is 0.0602. The highest BCUT2D eigenvalue weighted by Crippen LogP contribution is 2.29. The summed E-state index contributed by atoms with van der Waals surface area (Å²) in [5.74, 6) is 0.351. The first-order valence-electron chi connectivity index (χ1n) is 10.2. The van der Waals surface area contributed by atoms with Crippen LogP contribution in [0.5, 0.6) is 0 Å². The average molecular weight is 411 g/mol. The van der Waals surface area contributed by atoms with Gasteiger partial charge in [0.05, 0.1) is 30.1 Å². The van der Waals surface area contributed by atoms with Crippen molar-refractivity contribution in [1.82, 2.24) is 19.7 Å². The number of piperidine rings is 1. The highest BCUT2D eigenvalue weighted by molar-refractivity contribution is 5.98. The molecule has 4 rings (SSSR count). The summed E-state index contributed by atoms with van der Waals surface area (Å²) < 4.78 is 20.7. The molecule has 0 atom stereocenters. The molecule has 1 saturated heterocycles. The molecular formula is C22H26FN5O2. The van der Waals surface area contributed by atoms with E-state index in [1.54, 1.807) is 12.1 Å². The number of esters is 1. The van der Waals surface area contributed by atoms with Crippen LogP contribution in [0.15, 0.2) is 36.7 Å². The molecular weight excluding hydrogens is 385 g/mol. The molecule has 7 nitrogen and oxygen atoms in total. The van der Waals surface area contributed by atoms with E-state index in [0.717, 1.165) is 31.6 Å². The summed E-state index contributed by atoms with van der Waals surface area (Å²) in [7, 11) is 3.49. The number of aryl methyl sites for hydroxylation is 1. The molecule has 3 heterocycles. The van der Waals surface area contributed by atoms with Crippen molar-refractivity contribution in [3.8, 4) is 0 Å². The van der Waals surface area contributed by atoms with Crippen molar-refractivity contribution in [1.29, 1.82) is 0 Å². The Balaban J connectivity index is 1.61. The van der Waals surface area contributed by atoms with Gasteiger partial charge in [-0.2, -0.15) is 5.10 Å². The van der Waals surface area contributed by atoms with E-state index in [1.807, 2.05) is 4.68 Å². The van der Waals surface area contributed by atoms with Crippen LogP contribution in [0.25, 0.3) is 10.9 Å². The lowest BCUT2D eigenvalue weighted by atomic mass is 9.94. The van der Waals surface area contributed by atoms with Crippen LogP contribution in [0, 0.1) is 11.7 Å². The minimum atomic E-state index is -0.475. The van der Waals surface area contributed by atoms with E-state index < -0.39 is 5.97 Å². The van der Waals surface area contributed by atoms with E-state index in [4.69, 9.17) is 9.84 Å². The maximum atomic E-state index is 14.0. The number of anilines is 2. The van der Waals surface area contributed by atoms with Gasteiger partial charge >= 0.3 is 5.97 Å². The molecule has 1 aliphatic rings. The number of hydrogen-bond acceptors (Lipinski definition) is 6. The van der Waals surface area contributed by atoms with Gasteiger partial charge in [0.25, 0.3) is 0 Å². The number of halogens is 1. The van der Waals surface area contributed by atoms with Crippen molar-refractivity contribution in [3.05, 3.63) is 48.0 Å². The summed E-state index contributed by atoms with van der Waals surface area (Å²) in [6, 6.07) is 6.24. The molecule has 30 heavy (non-hydrogen) atoms. The van der Waals surface area contributed by atoms with Gasteiger partial charge in [-0.15, -0.1) is 0 Å². The van der Waals surface area contributed by atoms with Crippen LogP contribution in [0.4, 0.5) is 15.9 Å². The van der Waals surface area contributed by atoms with E-state index in [1.165, 1.54) is 44.5 Å². The Kier molecular flexibility index (Phi) is 5.94. The van der Waals surface area contributed by atoms with Crippen LogP contribution in [0.1, 0.15) is 29.6 Å². The predicted octanol–water partition coefficient (Wildman–Crippen LogP) is 3.83. The summed E-state index contributed by atoms with van der Waals surface area (Å²) in [5.41, 5.74) is 1.67. The molecule has 0 spiro atoms. The number of carbonyl (C=O) groups is 1. The molecule has 1 N–H and O–H groups in total. The average Bonchev–Trinajstić information content (AvgIpc) is 3.09. The van der Waals surface area contributed by atoms with Gasteiger partial charge in [0.1, 0.15) is 5.82 Å². The minimum Gasteiger partial charge on any atom is -0.465 e. The fraction of sp³-hybridized carbons (Fsp3) is 0.409. The molecule has 1 aromatic carbocycles. The van der Waals surface area contributed by atoms with Crippen molar-refractivity contribution in [2.45, 2.75) is 25.8 Å².